The van der Waals surface area contributed by atoms with Gasteiger partial charge in [-0.25, -0.2) is 5.10 Å². The molecule has 5 nitrogen and oxygen atoms in total. The van der Waals surface area contributed by atoms with Gasteiger partial charge in [-0.15, -0.1) is 0 Å². The van der Waals surface area contributed by atoms with E-state index in [4.69, 9.17) is 23.8 Å². The molecule has 0 saturated carbocycles. The van der Waals surface area contributed by atoms with Gasteiger partial charge in [-0.3, -0.25) is 0 Å². The second-order valence-electron chi connectivity index (χ2n) is 4.48. The molecule has 0 spiro atoms. The summed E-state index contributed by atoms with van der Waals surface area (Å²) in [5, 5.41) is 21.2. The number of nitrogens with one attached hydrogen (secondary N) is 1. The third-order valence-corrected chi connectivity index (χ3v) is 3.55. The maximum atomic E-state index is 9.47. The van der Waals surface area contributed by atoms with Gasteiger partial charge < -0.3 is 5.11 Å². The maximum Gasteiger partial charge on any atom is 0.216 e. The minimum Gasteiger partial charge on any atom is -0.508 e. The smallest absolute Gasteiger partial charge is 0.216 e. The molecule has 0 aliphatic carbocycles. The summed E-state index contributed by atoms with van der Waals surface area (Å²) in [6.07, 6.45) is 1.59. The van der Waals surface area contributed by atoms with Crippen molar-refractivity contribution in [3.8, 4) is 17.1 Å². The minimum atomic E-state index is 0.172. The van der Waals surface area contributed by atoms with E-state index >= 15 is 0 Å². The molecule has 3 aromatic rings. The number of hydrogen-bond donors (Lipinski definition) is 2. The van der Waals surface area contributed by atoms with Gasteiger partial charge in [0.05, 0.1) is 11.2 Å². The molecule has 0 atom stereocenters. The molecular weight excluding hydrogens is 320 g/mol. The van der Waals surface area contributed by atoms with Crippen LogP contribution in [0.4, 0.5) is 0 Å². The van der Waals surface area contributed by atoms with E-state index in [1.165, 1.54) is 4.68 Å². The Morgan fingerprint density at radius 2 is 2.05 bits per heavy atom. The molecule has 7 heteroatoms. The molecule has 0 unspecified atom stereocenters. The highest BCUT2D eigenvalue weighted by atomic mass is 35.5. The van der Waals surface area contributed by atoms with Crippen molar-refractivity contribution in [2.45, 2.75) is 0 Å². The zero-order valence-corrected chi connectivity index (χ0v) is 12.8. The minimum absolute atomic E-state index is 0.172. The molecule has 0 fully saturated rings. The predicted molar refractivity (Wildman–Crippen MR) is 89.0 cm³/mol. The first-order valence-electron chi connectivity index (χ1n) is 6.41. The van der Waals surface area contributed by atoms with Gasteiger partial charge in [-0.1, -0.05) is 35.9 Å². The highest BCUT2D eigenvalue weighted by molar-refractivity contribution is 7.71. The van der Waals surface area contributed by atoms with Gasteiger partial charge in [-0.2, -0.15) is 14.9 Å². The van der Waals surface area contributed by atoms with E-state index in [2.05, 4.69) is 15.3 Å². The monoisotopic (exact) mass is 330 g/mol. The molecule has 2 aromatic carbocycles. The number of benzene rings is 2. The number of phenols is 1. The van der Waals surface area contributed by atoms with Crippen molar-refractivity contribution >= 4 is 30.0 Å². The van der Waals surface area contributed by atoms with E-state index in [1.807, 2.05) is 24.3 Å². The largest absolute Gasteiger partial charge is 0.508 e. The molecule has 0 amide bonds. The van der Waals surface area contributed by atoms with Gasteiger partial charge in [0.25, 0.3) is 0 Å². The molecule has 1 aromatic heterocycles. The van der Waals surface area contributed by atoms with Crippen molar-refractivity contribution in [1.82, 2.24) is 14.9 Å². The van der Waals surface area contributed by atoms with Crippen molar-refractivity contribution in [2.75, 3.05) is 0 Å². The van der Waals surface area contributed by atoms with Crippen LogP contribution in [0.2, 0.25) is 5.02 Å². The summed E-state index contributed by atoms with van der Waals surface area (Å²) in [6.45, 7) is 0. The summed E-state index contributed by atoms with van der Waals surface area (Å²) in [5.74, 6) is 0.693. The van der Waals surface area contributed by atoms with Crippen molar-refractivity contribution in [1.29, 1.82) is 0 Å². The summed E-state index contributed by atoms with van der Waals surface area (Å²) in [5.41, 5.74) is 1.47. The fourth-order valence-electron chi connectivity index (χ4n) is 1.95. The molecule has 22 heavy (non-hydrogen) atoms. The number of aromatic nitrogens is 3. The molecule has 0 radical (unpaired) electrons. The van der Waals surface area contributed by atoms with Crippen molar-refractivity contribution in [3.63, 3.8) is 0 Å². The van der Waals surface area contributed by atoms with Crippen LogP contribution in [0.1, 0.15) is 5.56 Å². The van der Waals surface area contributed by atoms with Crippen LogP contribution in [0, 0.1) is 4.77 Å². The fraction of sp³-hybridized carbons (Fsp3) is 0. The Labute approximate surface area is 136 Å². The third-order valence-electron chi connectivity index (χ3n) is 2.96. The summed E-state index contributed by atoms with van der Waals surface area (Å²) in [4.78, 5) is 0. The Bertz CT molecular complexity index is 900. The van der Waals surface area contributed by atoms with Gasteiger partial charge >= 0.3 is 0 Å². The van der Waals surface area contributed by atoms with Crippen LogP contribution >= 0.6 is 23.8 Å². The Morgan fingerprint density at radius 3 is 2.82 bits per heavy atom. The van der Waals surface area contributed by atoms with Crippen LogP contribution in [0.15, 0.2) is 53.6 Å². The van der Waals surface area contributed by atoms with Gasteiger partial charge in [0.1, 0.15) is 5.75 Å². The van der Waals surface area contributed by atoms with Gasteiger partial charge in [0.15, 0.2) is 5.82 Å². The Kier molecular flexibility index (Phi) is 4.04. The summed E-state index contributed by atoms with van der Waals surface area (Å²) in [6, 6.07) is 14.1. The molecule has 1 heterocycles. The molecule has 0 aliphatic rings. The zero-order chi connectivity index (χ0) is 15.5. The van der Waals surface area contributed by atoms with E-state index in [9.17, 15) is 5.11 Å². The van der Waals surface area contributed by atoms with Crippen LogP contribution in [-0.2, 0) is 0 Å². The Hall–Kier alpha value is -2.44. The lowest BCUT2D eigenvalue weighted by Gasteiger charge is -2.03. The van der Waals surface area contributed by atoms with Crippen LogP contribution in [0.5, 0.6) is 5.75 Å². The highest BCUT2D eigenvalue weighted by Gasteiger charge is 2.11. The lowest BCUT2D eigenvalue weighted by molar-refractivity contribution is 0.475. The standard InChI is InChI=1S/C15H11ClN4OS/c16-13-7-2-1-6-12(13)14-18-19-15(22)20(14)17-9-10-4-3-5-11(21)8-10/h1-9,21H,(H,19,22)/b17-9+. The van der Waals surface area contributed by atoms with E-state index in [0.29, 0.717) is 15.6 Å². The van der Waals surface area contributed by atoms with Gasteiger partial charge in [0.2, 0.25) is 4.77 Å². The average Bonchev–Trinajstić information content (AvgIpc) is 2.87. The lowest BCUT2D eigenvalue weighted by Crippen LogP contribution is -1.95. The normalized spacial score (nSPS) is 11.1. The molecule has 0 saturated heterocycles. The van der Waals surface area contributed by atoms with Crippen LogP contribution in [-0.4, -0.2) is 26.2 Å². The quantitative estimate of drug-likeness (QED) is 0.566. The lowest BCUT2D eigenvalue weighted by atomic mass is 10.2. The van der Waals surface area contributed by atoms with E-state index < -0.39 is 0 Å². The van der Waals surface area contributed by atoms with Crippen LogP contribution < -0.4 is 0 Å². The zero-order valence-electron chi connectivity index (χ0n) is 11.3. The highest BCUT2D eigenvalue weighted by Crippen LogP contribution is 2.25. The molecule has 0 bridgehead atoms. The molecule has 3 rings (SSSR count). The van der Waals surface area contributed by atoms with E-state index in [0.717, 1.165) is 11.1 Å². The number of rotatable bonds is 3. The summed E-state index contributed by atoms with van der Waals surface area (Å²) >= 11 is 11.4. The molecule has 2 N–H and O–H groups in total. The van der Waals surface area contributed by atoms with Crippen molar-refractivity contribution in [3.05, 3.63) is 63.9 Å². The summed E-state index contributed by atoms with van der Waals surface area (Å²) < 4.78 is 1.84. The molecular formula is C15H11ClN4OS. The maximum absolute atomic E-state index is 9.47. The number of aromatic hydroxyl groups is 1. The van der Waals surface area contributed by atoms with Gasteiger partial charge in [-0.05, 0) is 42.0 Å². The van der Waals surface area contributed by atoms with Crippen molar-refractivity contribution < 1.29 is 5.11 Å². The first-order valence-corrected chi connectivity index (χ1v) is 7.19. The average molecular weight is 331 g/mol. The van der Waals surface area contributed by atoms with E-state index in [-0.39, 0.29) is 5.75 Å². The second kappa shape index (κ2) is 6.13. The van der Waals surface area contributed by atoms with Crippen LogP contribution in [0.25, 0.3) is 11.4 Å². The van der Waals surface area contributed by atoms with Gasteiger partial charge in [0, 0.05) is 5.56 Å². The first kappa shape index (κ1) is 14.5. The SMILES string of the molecule is Oc1cccc(/C=N/n2c(-c3ccccc3Cl)n[nH]c2=S)c1. The third kappa shape index (κ3) is 2.93. The number of hydrogen-bond acceptors (Lipinski definition) is 4. The van der Waals surface area contributed by atoms with Crippen LogP contribution in [0.3, 0.4) is 0 Å². The Morgan fingerprint density at radius 1 is 1.23 bits per heavy atom. The fourth-order valence-corrected chi connectivity index (χ4v) is 2.34. The number of halogens is 1. The number of nitrogens with zero attached hydrogens (tertiary/aromatic N) is 3. The number of H-pyrrole nitrogens is 1. The van der Waals surface area contributed by atoms with E-state index in [1.54, 1.807) is 30.5 Å². The molecule has 0 aliphatic heterocycles. The Balaban J connectivity index is 2.04. The number of phenolic OH excluding ortho intramolecular Hbond substituents is 1. The number of aromatic amines is 1. The molecule has 110 valence electrons. The summed E-state index contributed by atoms with van der Waals surface area (Å²) in [7, 11) is 0. The van der Waals surface area contributed by atoms with Crippen molar-refractivity contribution in [2.24, 2.45) is 5.10 Å². The predicted octanol–water partition coefficient (Wildman–Crippen LogP) is 3.85. The first-order chi connectivity index (χ1) is 10.6. The topological polar surface area (TPSA) is 66.2 Å². The second-order valence-corrected chi connectivity index (χ2v) is 5.28.